The summed E-state index contributed by atoms with van der Waals surface area (Å²) < 4.78 is 23.1. The van der Waals surface area contributed by atoms with Crippen LogP contribution < -0.4 is 15.8 Å². The van der Waals surface area contributed by atoms with E-state index < -0.39 is 11.7 Å². The van der Waals surface area contributed by atoms with Gasteiger partial charge >= 0.3 is 0 Å². The van der Waals surface area contributed by atoms with Crippen LogP contribution >= 0.6 is 0 Å². The molecule has 3 aromatic heterocycles. The number of halogens is 1. The van der Waals surface area contributed by atoms with Crippen LogP contribution in [0.15, 0.2) is 48.8 Å². The van der Waals surface area contributed by atoms with Gasteiger partial charge in [-0.25, -0.2) is 9.37 Å². The minimum absolute atomic E-state index is 0.00862. The smallest absolute Gasteiger partial charge is 0.274 e. The van der Waals surface area contributed by atoms with Gasteiger partial charge in [0.25, 0.3) is 5.91 Å². The van der Waals surface area contributed by atoms with E-state index in [4.69, 9.17) is 10.5 Å². The Balaban J connectivity index is 1.57. The number of hydrogen-bond acceptors (Lipinski definition) is 5. The van der Waals surface area contributed by atoms with Crippen molar-refractivity contribution < 1.29 is 13.9 Å². The second kappa shape index (κ2) is 6.69. The molecule has 4 rings (SSSR count). The van der Waals surface area contributed by atoms with Gasteiger partial charge in [-0.15, -0.1) is 0 Å². The molecular weight excluding hydrogens is 363 g/mol. The van der Waals surface area contributed by atoms with E-state index in [1.54, 1.807) is 49.0 Å². The van der Waals surface area contributed by atoms with Crippen molar-refractivity contribution in [1.29, 1.82) is 0 Å². The Bertz CT molecular complexity index is 1200. The summed E-state index contributed by atoms with van der Waals surface area (Å²) in [6.45, 7) is 1.77. The highest BCUT2D eigenvalue weighted by Crippen LogP contribution is 2.27. The lowest BCUT2D eigenvalue weighted by Gasteiger charge is -2.10. The van der Waals surface area contributed by atoms with Gasteiger partial charge in [-0.3, -0.25) is 9.48 Å². The molecule has 4 aromatic rings. The molecule has 3 heterocycles. The van der Waals surface area contributed by atoms with Crippen LogP contribution in [0.1, 0.15) is 16.2 Å². The molecule has 0 saturated carbocycles. The molecule has 0 aliphatic rings. The zero-order chi connectivity index (χ0) is 19.8. The molecule has 0 aliphatic carbocycles. The number of imidazole rings is 1. The minimum atomic E-state index is -0.572. The van der Waals surface area contributed by atoms with E-state index in [0.29, 0.717) is 34.4 Å². The van der Waals surface area contributed by atoms with E-state index in [1.807, 2.05) is 0 Å². The topological polar surface area (TPSA) is 99.5 Å². The van der Waals surface area contributed by atoms with Crippen molar-refractivity contribution >= 4 is 23.1 Å². The number of ether oxygens (including phenoxy) is 1. The van der Waals surface area contributed by atoms with Crippen LogP contribution in [0.5, 0.6) is 11.5 Å². The van der Waals surface area contributed by atoms with Gasteiger partial charge < -0.3 is 20.2 Å². The maximum Gasteiger partial charge on any atom is 0.274 e. The van der Waals surface area contributed by atoms with Gasteiger partial charge in [-0.2, -0.15) is 5.10 Å². The number of benzene rings is 1. The Kier molecular flexibility index (Phi) is 4.19. The highest BCUT2D eigenvalue weighted by molar-refractivity contribution is 6.03. The number of nitrogens with zero attached hydrogens (tertiary/aromatic N) is 4. The molecule has 0 unspecified atom stereocenters. The molecular formula is C19H17FN6O2. The summed E-state index contributed by atoms with van der Waals surface area (Å²) >= 11 is 0. The van der Waals surface area contributed by atoms with Crippen molar-refractivity contribution in [2.75, 3.05) is 11.1 Å². The van der Waals surface area contributed by atoms with Crippen LogP contribution in [0.25, 0.3) is 5.65 Å². The first-order chi connectivity index (χ1) is 13.4. The predicted octanol–water partition coefficient (Wildman–Crippen LogP) is 3.14. The third kappa shape index (κ3) is 3.37. The van der Waals surface area contributed by atoms with Crippen molar-refractivity contribution in [3.63, 3.8) is 0 Å². The zero-order valence-electron chi connectivity index (χ0n) is 15.2. The summed E-state index contributed by atoms with van der Waals surface area (Å²) in [4.78, 5) is 16.6. The Morgan fingerprint density at radius 3 is 2.71 bits per heavy atom. The molecule has 8 nitrogen and oxygen atoms in total. The summed E-state index contributed by atoms with van der Waals surface area (Å²) in [5.74, 6) is 0.239. The number of aryl methyl sites for hydroxylation is 2. The van der Waals surface area contributed by atoms with E-state index >= 15 is 0 Å². The first-order valence-corrected chi connectivity index (χ1v) is 8.43. The minimum Gasteiger partial charge on any atom is -0.456 e. The van der Waals surface area contributed by atoms with E-state index in [0.717, 1.165) is 0 Å². The fraction of sp³-hybridized carbons (Fsp3) is 0.105. The van der Waals surface area contributed by atoms with Gasteiger partial charge in [0.15, 0.2) is 0 Å². The molecule has 0 spiro atoms. The van der Waals surface area contributed by atoms with Gasteiger partial charge in [-0.05, 0) is 37.3 Å². The highest BCUT2D eigenvalue weighted by atomic mass is 19.1. The zero-order valence-corrected chi connectivity index (χ0v) is 15.2. The first kappa shape index (κ1) is 17.5. The molecule has 0 aliphatic heterocycles. The summed E-state index contributed by atoms with van der Waals surface area (Å²) in [5.41, 5.74) is 7.39. The number of nitrogens with two attached hydrogens (primary N) is 1. The molecule has 142 valence electrons. The molecule has 0 atom stereocenters. The maximum atomic E-state index is 14.2. The normalized spacial score (nSPS) is 11.0. The summed E-state index contributed by atoms with van der Waals surface area (Å²) in [5, 5.41) is 6.67. The lowest BCUT2D eigenvalue weighted by Crippen LogP contribution is -2.16. The lowest BCUT2D eigenvalue weighted by molar-refractivity contribution is 0.101. The van der Waals surface area contributed by atoms with Crippen molar-refractivity contribution in [2.45, 2.75) is 6.92 Å². The monoisotopic (exact) mass is 380 g/mol. The van der Waals surface area contributed by atoms with Gasteiger partial charge in [0.05, 0.1) is 23.8 Å². The number of aromatic nitrogens is 4. The van der Waals surface area contributed by atoms with Gasteiger partial charge in [0, 0.05) is 13.1 Å². The average molecular weight is 380 g/mol. The summed E-state index contributed by atoms with van der Waals surface area (Å²) in [7, 11) is 1.65. The van der Waals surface area contributed by atoms with Crippen LogP contribution in [0.2, 0.25) is 0 Å². The molecule has 0 bridgehead atoms. The van der Waals surface area contributed by atoms with Crippen molar-refractivity contribution in [1.82, 2.24) is 19.2 Å². The average Bonchev–Trinajstić information content (AvgIpc) is 3.17. The number of anilines is 2. The fourth-order valence-corrected chi connectivity index (χ4v) is 2.86. The van der Waals surface area contributed by atoms with Crippen LogP contribution in [0, 0.1) is 12.7 Å². The Hall–Kier alpha value is -3.88. The number of carbonyl (C=O) groups excluding carboxylic acids is 1. The third-order valence-electron chi connectivity index (χ3n) is 4.10. The number of fused-ring (bicyclic) bond motifs is 1. The molecule has 3 N–H and O–H groups in total. The second-order valence-corrected chi connectivity index (χ2v) is 6.29. The molecule has 28 heavy (non-hydrogen) atoms. The fourth-order valence-electron chi connectivity index (χ4n) is 2.86. The van der Waals surface area contributed by atoms with Crippen LogP contribution in [-0.2, 0) is 7.05 Å². The van der Waals surface area contributed by atoms with Crippen molar-refractivity contribution in [3.8, 4) is 11.5 Å². The van der Waals surface area contributed by atoms with Crippen LogP contribution in [0.4, 0.5) is 15.9 Å². The van der Waals surface area contributed by atoms with E-state index in [1.165, 1.54) is 22.9 Å². The van der Waals surface area contributed by atoms with E-state index in [9.17, 15) is 9.18 Å². The molecule has 1 aromatic carbocycles. The van der Waals surface area contributed by atoms with Gasteiger partial charge in [0.2, 0.25) is 0 Å². The number of amides is 1. The maximum absolute atomic E-state index is 14.2. The number of hydrogen-bond donors (Lipinski definition) is 2. The number of rotatable bonds is 4. The van der Waals surface area contributed by atoms with Crippen molar-refractivity contribution in [3.05, 3.63) is 66.0 Å². The SMILES string of the molecule is Cc1cc(C(=O)Nc2cc(Oc3ccc4nc(N)cn4c3)ccc2F)n(C)n1. The molecule has 9 heteroatoms. The summed E-state index contributed by atoms with van der Waals surface area (Å²) in [6.07, 6.45) is 3.37. The molecule has 0 fully saturated rings. The van der Waals surface area contributed by atoms with Crippen LogP contribution in [-0.4, -0.2) is 25.1 Å². The molecule has 0 radical (unpaired) electrons. The van der Waals surface area contributed by atoms with Gasteiger partial charge in [0.1, 0.15) is 34.5 Å². The molecule has 1 amide bonds. The Labute approximate surface area is 159 Å². The highest BCUT2D eigenvalue weighted by Gasteiger charge is 2.15. The number of pyridine rings is 1. The van der Waals surface area contributed by atoms with Crippen LogP contribution in [0.3, 0.4) is 0 Å². The standard InChI is InChI=1S/C19H17FN6O2/c1-11-7-16(25(2)24-11)19(27)22-15-8-12(3-5-14(15)20)28-13-4-6-18-23-17(21)10-26(18)9-13/h3-10H,21H2,1-2H3,(H,22,27). The summed E-state index contributed by atoms with van der Waals surface area (Å²) in [6, 6.07) is 9.23. The largest absolute Gasteiger partial charge is 0.456 e. The number of carbonyl (C=O) groups is 1. The third-order valence-corrected chi connectivity index (χ3v) is 4.10. The number of nitrogens with one attached hydrogen (secondary N) is 1. The Morgan fingerprint density at radius 2 is 1.96 bits per heavy atom. The lowest BCUT2D eigenvalue weighted by atomic mass is 10.2. The second-order valence-electron chi connectivity index (χ2n) is 6.29. The Morgan fingerprint density at radius 1 is 1.18 bits per heavy atom. The van der Waals surface area contributed by atoms with E-state index in [2.05, 4.69) is 15.4 Å². The van der Waals surface area contributed by atoms with Crippen molar-refractivity contribution in [2.24, 2.45) is 7.05 Å². The molecule has 0 saturated heterocycles. The predicted molar refractivity (Wildman–Crippen MR) is 102 cm³/mol. The number of nitrogen functional groups attached to an aromatic ring is 1. The quantitative estimate of drug-likeness (QED) is 0.567. The first-order valence-electron chi connectivity index (χ1n) is 8.43. The van der Waals surface area contributed by atoms with E-state index in [-0.39, 0.29) is 5.69 Å². The van der Waals surface area contributed by atoms with Gasteiger partial charge in [-0.1, -0.05) is 0 Å².